The molecule has 1 aliphatic heterocycles. The monoisotopic (exact) mass is 294 g/mol. The first-order valence-corrected chi connectivity index (χ1v) is 7.06. The summed E-state index contributed by atoms with van der Waals surface area (Å²) in [4.78, 5) is 12.5. The molecule has 0 radical (unpaired) electrons. The number of carbonyl (C=O) groups excluding carboxylic acids is 1. The third-order valence-electron chi connectivity index (χ3n) is 3.97. The first-order chi connectivity index (χ1) is 10.7. The largest absolute Gasteiger partial charge is 0.497 e. The second kappa shape index (κ2) is 4.91. The number of benzene rings is 2. The third-order valence-corrected chi connectivity index (χ3v) is 3.97. The molecule has 4 heteroatoms. The molecule has 0 bridgehead atoms. The Morgan fingerprint density at radius 1 is 1.09 bits per heavy atom. The van der Waals surface area contributed by atoms with Crippen molar-refractivity contribution >= 4 is 11.9 Å². The van der Waals surface area contributed by atoms with E-state index in [0.717, 1.165) is 39.5 Å². The lowest BCUT2D eigenvalue weighted by Crippen LogP contribution is -1.95. The second-order valence-corrected chi connectivity index (χ2v) is 5.31. The predicted molar refractivity (Wildman–Crippen MR) is 81.6 cm³/mol. The van der Waals surface area contributed by atoms with Crippen LogP contribution >= 0.6 is 0 Å². The van der Waals surface area contributed by atoms with Crippen LogP contribution in [-0.4, -0.2) is 19.7 Å². The molecular weight excluding hydrogens is 280 g/mol. The fourth-order valence-corrected chi connectivity index (χ4v) is 2.84. The van der Waals surface area contributed by atoms with Crippen molar-refractivity contribution in [2.75, 3.05) is 13.9 Å². The molecule has 2 aromatic rings. The van der Waals surface area contributed by atoms with Gasteiger partial charge in [-0.2, -0.15) is 0 Å². The zero-order chi connectivity index (χ0) is 15.1. The van der Waals surface area contributed by atoms with Gasteiger partial charge in [0.25, 0.3) is 0 Å². The van der Waals surface area contributed by atoms with E-state index in [1.807, 2.05) is 42.5 Å². The Balaban J connectivity index is 1.68. The van der Waals surface area contributed by atoms with Crippen LogP contribution < -0.4 is 14.2 Å². The lowest BCUT2D eigenvalue weighted by atomic mass is 10.1. The van der Waals surface area contributed by atoms with Crippen LogP contribution in [0.25, 0.3) is 6.08 Å². The minimum absolute atomic E-state index is 0.0790. The minimum atomic E-state index is 0.0790. The molecule has 0 atom stereocenters. The summed E-state index contributed by atoms with van der Waals surface area (Å²) in [6.45, 7) is 0.250. The molecule has 0 N–H and O–H groups in total. The van der Waals surface area contributed by atoms with Crippen molar-refractivity contribution in [2.24, 2.45) is 0 Å². The van der Waals surface area contributed by atoms with Crippen molar-refractivity contribution in [1.29, 1.82) is 0 Å². The summed E-state index contributed by atoms with van der Waals surface area (Å²) < 4.78 is 15.9. The van der Waals surface area contributed by atoms with E-state index in [0.29, 0.717) is 6.42 Å². The molecule has 1 aliphatic carbocycles. The van der Waals surface area contributed by atoms with Crippen molar-refractivity contribution in [1.82, 2.24) is 0 Å². The van der Waals surface area contributed by atoms with E-state index < -0.39 is 0 Å². The maximum absolute atomic E-state index is 12.5. The molecule has 0 unspecified atom stereocenters. The first kappa shape index (κ1) is 13.0. The lowest BCUT2D eigenvalue weighted by Gasteiger charge is -2.01. The predicted octanol–water partition coefficient (Wildman–Crippen LogP) is 3.25. The maximum atomic E-state index is 12.5. The Labute approximate surface area is 127 Å². The molecule has 4 rings (SSSR count). The second-order valence-electron chi connectivity index (χ2n) is 5.31. The number of rotatable bonds is 2. The van der Waals surface area contributed by atoms with Crippen molar-refractivity contribution in [3.8, 4) is 17.2 Å². The van der Waals surface area contributed by atoms with Gasteiger partial charge in [0.1, 0.15) is 5.75 Å². The molecule has 110 valence electrons. The van der Waals surface area contributed by atoms with Crippen LogP contribution in [0.5, 0.6) is 17.2 Å². The summed E-state index contributed by atoms with van der Waals surface area (Å²) in [7, 11) is 1.63. The highest BCUT2D eigenvalue weighted by atomic mass is 16.7. The van der Waals surface area contributed by atoms with Crippen LogP contribution in [0.4, 0.5) is 0 Å². The van der Waals surface area contributed by atoms with Crippen LogP contribution in [0.3, 0.4) is 0 Å². The summed E-state index contributed by atoms with van der Waals surface area (Å²) in [5.41, 5.74) is 3.48. The number of ketones is 1. The summed E-state index contributed by atoms with van der Waals surface area (Å²) in [6.07, 6.45) is 2.54. The van der Waals surface area contributed by atoms with E-state index in [-0.39, 0.29) is 12.6 Å². The molecular formula is C18H14O4. The lowest BCUT2D eigenvalue weighted by molar-refractivity contribution is 0.104. The molecule has 1 heterocycles. The van der Waals surface area contributed by atoms with E-state index in [4.69, 9.17) is 14.2 Å². The van der Waals surface area contributed by atoms with E-state index in [9.17, 15) is 4.79 Å². The quantitative estimate of drug-likeness (QED) is 0.798. The van der Waals surface area contributed by atoms with Gasteiger partial charge in [-0.15, -0.1) is 0 Å². The first-order valence-electron chi connectivity index (χ1n) is 7.06. The van der Waals surface area contributed by atoms with Gasteiger partial charge in [-0.25, -0.2) is 0 Å². The normalized spacial score (nSPS) is 17.0. The highest BCUT2D eigenvalue weighted by molar-refractivity contribution is 6.15. The zero-order valence-electron chi connectivity index (χ0n) is 12.1. The molecule has 2 aliphatic rings. The number of fused-ring (bicyclic) bond motifs is 2. The number of carbonyl (C=O) groups is 1. The van der Waals surface area contributed by atoms with E-state index in [2.05, 4.69) is 0 Å². The Bertz CT molecular complexity index is 805. The van der Waals surface area contributed by atoms with Gasteiger partial charge in [0.15, 0.2) is 17.3 Å². The highest BCUT2D eigenvalue weighted by Crippen LogP contribution is 2.35. The third kappa shape index (κ3) is 2.04. The van der Waals surface area contributed by atoms with E-state index in [1.54, 1.807) is 7.11 Å². The molecule has 0 fully saturated rings. The number of allylic oxidation sites excluding steroid dienone is 1. The number of hydrogen-bond donors (Lipinski definition) is 0. The molecule has 0 saturated heterocycles. The van der Waals surface area contributed by atoms with E-state index >= 15 is 0 Å². The maximum Gasteiger partial charge on any atom is 0.231 e. The number of hydrogen-bond acceptors (Lipinski definition) is 4. The van der Waals surface area contributed by atoms with Crippen molar-refractivity contribution in [3.63, 3.8) is 0 Å². The summed E-state index contributed by atoms with van der Waals surface area (Å²) in [5.74, 6) is 2.32. The van der Waals surface area contributed by atoms with Crippen LogP contribution in [0, 0.1) is 0 Å². The van der Waals surface area contributed by atoms with Crippen molar-refractivity contribution < 1.29 is 19.0 Å². The zero-order valence-corrected chi connectivity index (χ0v) is 12.1. The Kier molecular flexibility index (Phi) is 2.89. The fourth-order valence-electron chi connectivity index (χ4n) is 2.84. The Morgan fingerprint density at radius 3 is 2.82 bits per heavy atom. The van der Waals surface area contributed by atoms with Crippen LogP contribution in [0.1, 0.15) is 21.5 Å². The number of Topliss-reactive ketones (excluding diaryl/α,β-unsaturated/α-hetero) is 1. The van der Waals surface area contributed by atoms with Crippen LogP contribution in [0.2, 0.25) is 0 Å². The van der Waals surface area contributed by atoms with Gasteiger partial charge in [0, 0.05) is 17.6 Å². The summed E-state index contributed by atoms with van der Waals surface area (Å²) in [5, 5.41) is 0. The van der Waals surface area contributed by atoms with Crippen molar-refractivity contribution in [3.05, 3.63) is 58.7 Å². The smallest absolute Gasteiger partial charge is 0.231 e. The minimum Gasteiger partial charge on any atom is -0.497 e. The van der Waals surface area contributed by atoms with E-state index in [1.165, 1.54) is 0 Å². The molecule has 22 heavy (non-hydrogen) atoms. The standard InChI is InChI=1S/C18H14O4/c1-20-14-3-4-15-12(9-14)8-13(18(15)19)6-11-2-5-16-17(7-11)22-10-21-16/h2-7,9H,8,10H2,1H3/b13-6-. The topological polar surface area (TPSA) is 44.8 Å². The number of ether oxygens (including phenoxy) is 3. The van der Waals surface area contributed by atoms with Crippen molar-refractivity contribution in [2.45, 2.75) is 6.42 Å². The van der Waals surface area contributed by atoms with Gasteiger partial charge in [0.05, 0.1) is 7.11 Å². The van der Waals surface area contributed by atoms with Crippen LogP contribution in [0.15, 0.2) is 42.0 Å². The average Bonchev–Trinajstić information content (AvgIpc) is 3.12. The van der Waals surface area contributed by atoms with Gasteiger partial charge in [-0.3, -0.25) is 4.79 Å². The van der Waals surface area contributed by atoms with Gasteiger partial charge in [-0.1, -0.05) is 6.07 Å². The molecule has 0 saturated carbocycles. The molecule has 0 aromatic heterocycles. The average molecular weight is 294 g/mol. The fraction of sp³-hybridized carbons (Fsp3) is 0.167. The Morgan fingerprint density at radius 2 is 1.95 bits per heavy atom. The van der Waals surface area contributed by atoms with Gasteiger partial charge in [0.2, 0.25) is 6.79 Å². The van der Waals surface area contributed by atoms with Crippen LogP contribution in [-0.2, 0) is 6.42 Å². The summed E-state index contributed by atoms with van der Waals surface area (Å²) in [6, 6.07) is 11.3. The molecule has 0 spiro atoms. The highest BCUT2D eigenvalue weighted by Gasteiger charge is 2.25. The molecule has 4 nitrogen and oxygen atoms in total. The number of methoxy groups -OCH3 is 1. The molecule has 0 amide bonds. The SMILES string of the molecule is COc1ccc2c(c1)C/C(=C/c1ccc3c(c1)OCO3)C2=O. The molecule has 2 aromatic carbocycles. The van der Waals surface area contributed by atoms with Gasteiger partial charge >= 0.3 is 0 Å². The summed E-state index contributed by atoms with van der Waals surface area (Å²) >= 11 is 0. The van der Waals surface area contributed by atoms with Gasteiger partial charge in [-0.05, 0) is 47.5 Å². The Hall–Kier alpha value is -2.75. The van der Waals surface area contributed by atoms with Gasteiger partial charge < -0.3 is 14.2 Å².